The number of nitrogens with zero attached hydrogens (tertiary/aromatic N) is 1. The number of fused-ring (bicyclic) bond motifs is 1. The first-order valence-electron chi connectivity index (χ1n) is 8.78. The minimum absolute atomic E-state index is 0.512. The Labute approximate surface area is 149 Å². The maximum atomic E-state index is 5.02. The summed E-state index contributed by atoms with van der Waals surface area (Å²) in [6, 6.07) is 29.9. The second-order valence-electron chi connectivity index (χ2n) is 6.72. The standard InChI is InChI=1S/C24H21N/c1-17(2)20-13-14-23-21(15-20)16-22(18-9-5-3-6-10-18)24(25-23)19-11-7-4-8-12-19/h3-17H,1-2H3. The fourth-order valence-electron chi connectivity index (χ4n) is 3.21. The zero-order valence-electron chi connectivity index (χ0n) is 14.6. The van der Waals surface area contributed by atoms with Gasteiger partial charge in [0.25, 0.3) is 0 Å². The highest BCUT2D eigenvalue weighted by molar-refractivity contribution is 5.91. The molecule has 122 valence electrons. The molecule has 4 rings (SSSR count). The van der Waals surface area contributed by atoms with E-state index >= 15 is 0 Å². The van der Waals surface area contributed by atoms with Crippen LogP contribution in [0.15, 0.2) is 84.9 Å². The lowest BCUT2D eigenvalue weighted by atomic mass is 9.95. The summed E-state index contributed by atoms with van der Waals surface area (Å²) in [7, 11) is 0. The summed E-state index contributed by atoms with van der Waals surface area (Å²) in [6.07, 6.45) is 0. The molecule has 1 heteroatoms. The SMILES string of the molecule is CC(C)c1ccc2nc(-c3ccccc3)c(-c3ccccc3)cc2c1. The van der Waals surface area contributed by atoms with Crippen LogP contribution in [0.1, 0.15) is 25.3 Å². The Balaban J connectivity index is 2.00. The number of hydrogen-bond donors (Lipinski definition) is 0. The van der Waals surface area contributed by atoms with E-state index in [1.165, 1.54) is 22.1 Å². The zero-order valence-corrected chi connectivity index (χ0v) is 14.6. The maximum absolute atomic E-state index is 5.02. The molecule has 0 atom stereocenters. The van der Waals surface area contributed by atoms with Crippen LogP contribution in [-0.2, 0) is 0 Å². The van der Waals surface area contributed by atoms with Crippen LogP contribution in [0.4, 0.5) is 0 Å². The summed E-state index contributed by atoms with van der Waals surface area (Å²) in [4.78, 5) is 5.02. The molecule has 1 aromatic heterocycles. The van der Waals surface area contributed by atoms with Crippen LogP contribution in [0.3, 0.4) is 0 Å². The molecule has 4 aromatic rings. The van der Waals surface area contributed by atoms with Crippen molar-refractivity contribution in [3.8, 4) is 22.4 Å². The fourth-order valence-corrected chi connectivity index (χ4v) is 3.21. The van der Waals surface area contributed by atoms with E-state index in [2.05, 4.69) is 92.7 Å². The topological polar surface area (TPSA) is 12.9 Å². The summed E-state index contributed by atoms with van der Waals surface area (Å²) in [5, 5.41) is 1.20. The van der Waals surface area contributed by atoms with Crippen LogP contribution >= 0.6 is 0 Å². The highest BCUT2D eigenvalue weighted by Gasteiger charge is 2.12. The molecule has 1 nitrogen and oxygen atoms in total. The predicted octanol–water partition coefficient (Wildman–Crippen LogP) is 6.69. The molecular formula is C24H21N. The molecule has 0 aliphatic heterocycles. The predicted molar refractivity (Wildman–Crippen MR) is 107 cm³/mol. The van der Waals surface area contributed by atoms with Crippen molar-refractivity contribution >= 4 is 10.9 Å². The third-order valence-corrected chi connectivity index (χ3v) is 4.64. The molecule has 0 bridgehead atoms. The Morgan fingerprint density at radius 3 is 1.96 bits per heavy atom. The summed E-state index contributed by atoms with van der Waals surface area (Å²) < 4.78 is 0. The van der Waals surface area contributed by atoms with Crippen molar-refractivity contribution in [2.24, 2.45) is 0 Å². The van der Waals surface area contributed by atoms with Gasteiger partial charge in [-0.15, -0.1) is 0 Å². The van der Waals surface area contributed by atoms with Crippen molar-refractivity contribution in [3.63, 3.8) is 0 Å². The third-order valence-electron chi connectivity index (χ3n) is 4.64. The molecule has 0 saturated heterocycles. The Kier molecular flexibility index (Phi) is 4.07. The van der Waals surface area contributed by atoms with Gasteiger partial charge in [-0.25, -0.2) is 4.98 Å². The number of aromatic nitrogens is 1. The van der Waals surface area contributed by atoms with Crippen molar-refractivity contribution in [1.29, 1.82) is 0 Å². The monoisotopic (exact) mass is 323 g/mol. The second-order valence-corrected chi connectivity index (χ2v) is 6.72. The van der Waals surface area contributed by atoms with Gasteiger partial charge in [0.1, 0.15) is 0 Å². The van der Waals surface area contributed by atoms with Crippen LogP contribution in [0.2, 0.25) is 0 Å². The minimum atomic E-state index is 0.512. The van der Waals surface area contributed by atoms with Crippen molar-refractivity contribution in [1.82, 2.24) is 4.98 Å². The second kappa shape index (κ2) is 6.52. The number of benzene rings is 3. The van der Waals surface area contributed by atoms with E-state index in [1.54, 1.807) is 0 Å². The van der Waals surface area contributed by atoms with Crippen LogP contribution in [0.5, 0.6) is 0 Å². The molecular weight excluding hydrogens is 302 g/mol. The molecule has 0 saturated carbocycles. The van der Waals surface area contributed by atoms with Gasteiger partial charge in [0, 0.05) is 16.5 Å². The van der Waals surface area contributed by atoms with E-state index < -0.39 is 0 Å². The fraction of sp³-hybridized carbons (Fsp3) is 0.125. The molecule has 0 amide bonds. The van der Waals surface area contributed by atoms with Gasteiger partial charge in [0.2, 0.25) is 0 Å². The molecule has 0 N–H and O–H groups in total. The highest BCUT2D eigenvalue weighted by atomic mass is 14.7. The summed E-state index contributed by atoms with van der Waals surface area (Å²) >= 11 is 0. The van der Waals surface area contributed by atoms with E-state index in [0.29, 0.717) is 5.92 Å². The van der Waals surface area contributed by atoms with E-state index in [4.69, 9.17) is 4.98 Å². The first kappa shape index (κ1) is 15.6. The lowest BCUT2D eigenvalue weighted by Gasteiger charge is -2.13. The Morgan fingerprint density at radius 1 is 0.680 bits per heavy atom. The number of rotatable bonds is 3. The largest absolute Gasteiger partial charge is 0.247 e. The smallest absolute Gasteiger partial charge is 0.0788 e. The van der Waals surface area contributed by atoms with Gasteiger partial charge < -0.3 is 0 Å². The van der Waals surface area contributed by atoms with Crippen LogP contribution < -0.4 is 0 Å². The molecule has 0 radical (unpaired) electrons. The van der Waals surface area contributed by atoms with E-state index in [0.717, 1.165) is 16.8 Å². The molecule has 3 aromatic carbocycles. The Morgan fingerprint density at radius 2 is 1.32 bits per heavy atom. The van der Waals surface area contributed by atoms with Gasteiger partial charge in [-0.2, -0.15) is 0 Å². The lowest BCUT2D eigenvalue weighted by molar-refractivity contribution is 0.868. The molecule has 0 aliphatic carbocycles. The van der Waals surface area contributed by atoms with Gasteiger partial charge >= 0.3 is 0 Å². The van der Waals surface area contributed by atoms with Crippen molar-refractivity contribution in [2.75, 3.05) is 0 Å². The third kappa shape index (κ3) is 3.06. The molecule has 0 fully saturated rings. The number of hydrogen-bond acceptors (Lipinski definition) is 1. The van der Waals surface area contributed by atoms with Crippen LogP contribution in [0.25, 0.3) is 33.3 Å². The first-order valence-corrected chi connectivity index (χ1v) is 8.78. The van der Waals surface area contributed by atoms with Gasteiger partial charge in [-0.1, -0.05) is 80.6 Å². The average molecular weight is 323 g/mol. The molecule has 25 heavy (non-hydrogen) atoms. The summed E-state index contributed by atoms with van der Waals surface area (Å²) in [6.45, 7) is 4.45. The van der Waals surface area contributed by atoms with E-state index in [9.17, 15) is 0 Å². The minimum Gasteiger partial charge on any atom is -0.247 e. The summed E-state index contributed by atoms with van der Waals surface area (Å²) in [5.41, 5.74) is 6.96. The quantitative estimate of drug-likeness (QED) is 0.409. The van der Waals surface area contributed by atoms with Crippen LogP contribution in [0, 0.1) is 0 Å². The highest BCUT2D eigenvalue weighted by Crippen LogP contribution is 2.34. The van der Waals surface area contributed by atoms with E-state index in [1.807, 2.05) is 6.07 Å². The number of pyridine rings is 1. The van der Waals surface area contributed by atoms with E-state index in [-0.39, 0.29) is 0 Å². The van der Waals surface area contributed by atoms with Gasteiger partial charge in [-0.05, 0) is 35.2 Å². The van der Waals surface area contributed by atoms with Crippen molar-refractivity contribution in [3.05, 3.63) is 90.5 Å². The van der Waals surface area contributed by atoms with Crippen molar-refractivity contribution in [2.45, 2.75) is 19.8 Å². The molecule has 0 unspecified atom stereocenters. The zero-order chi connectivity index (χ0) is 17.2. The Hall–Kier alpha value is -2.93. The lowest BCUT2D eigenvalue weighted by Crippen LogP contribution is -1.93. The molecule has 0 spiro atoms. The Bertz CT molecular complexity index is 1000. The van der Waals surface area contributed by atoms with Crippen molar-refractivity contribution < 1.29 is 0 Å². The van der Waals surface area contributed by atoms with Gasteiger partial charge in [-0.3, -0.25) is 0 Å². The average Bonchev–Trinajstić information content (AvgIpc) is 2.68. The first-order chi connectivity index (χ1) is 12.2. The molecule has 1 heterocycles. The van der Waals surface area contributed by atoms with Gasteiger partial charge in [0.15, 0.2) is 0 Å². The van der Waals surface area contributed by atoms with Crippen LogP contribution in [-0.4, -0.2) is 4.98 Å². The molecule has 0 aliphatic rings. The van der Waals surface area contributed by atoms with Gasteiger partial charge in [0.05, 0.1) is 11.2 Å². The normalized spacial score (nSPS) is 11.2. The maximum Gasteiger partial charge on any atom is 0.0788 e. The summed E-state index contributed by atoms with van der Waals surface area (Å²) in [5.74, 6) is 0.512.